The van der Waals surface area contributed by atoms with Crippen LogP contribution in [0.1, 0.15) is 29.2 Å². The molecule has 5 heteroatoms. The Balaban J connectivity index is 3.07. The normalized spacial score (nSPS) is 12.7. The molecule has 0 spiro atoms. The first-order valence-electron chi connectivity index (χ1n) is 5.75. The predicted octanol–water partition coefficient (Wildman–Crippen LogP) is 1.24. The number of nitrogens with two attached hydrogens (primary N) is 1. The maximum atomic E-state index is 10.7. The number of aromatic hydroxyl groups is 1. The van der Waals surface area contributed by atoms with E-state index in [0.717, 1.165) is 11.1 Å². The summed E-state index contributed by atoms with van der Waals surface area (Å²) in [4.78, 5) is 12.6. The first kappa shape index (κ1) is 14.5. The van der Waals surface area contributed by atoms with Crippen LogP contribution < -0.4 is 5.73 Å². The van der Waals surface area contributed by atoms with Crippen molar-refractivity contribution in [2.45, 2.75) is 25.9 Å². The van der Waals surface area contributed by atoms with Gasteiger partial charge in [-0.05, 0) is 38.2 Å². The van der Waals surface area contributed by atoms with Gasteiger partial charge in [0.25, 0.3) is 0 Å². The second kappa shape index (κ2) is 5.84. The third-order valence-electron chi connectivity index (χ3n) is 2.71. The molecule has 5 nitrogen and oxygen atoms in total. The monoisotopic (exact) mass is 252 g/mol. The molecule has 0 bridgehead atoms. The molecule has 0 aliphatic carbocycles. The van der Waals surface area contributed by atoms with Gasteiger partial charge in [0.15, 0.2) is 0 Å². The van der Waals surface area contributed by atoms with Crippen molar-refractivity contribution < 1.29 is 15.0 Å². The molecule has 0 amide bonds. The zero-order chi connectivity index (χ0) is 13.9. The van der Waals surface area contributed by atoms with Crippen LogP contribution in [0, 0.1) is 6.92 Å². The van der Waals surface area contributed by atoms with Crippen LogP contribution in [-0.2, 0) is 11.3 Å². The quantitative estimate of drug-likeness (QED) is 0.734. The second-order valence-corrected chi connectivity index (χ2v) is 4.79. The molecule has 100 valence electrons. The maximum Gasteiger partial charge on any atom is 0.305 e. The number of nitrogens with zero attached hydrogens (tertiary/aromatic N) is 1. The molecule has 0 heterocycles. The number of rotatable bonds is 5. The molecule has 4 N–H and O–H groups in total. The number of carbonyl (C=O) groups is 1. The largest absolute Gasteiger partial charge is 0.507 e. The summed E-state index contributed by atoms with van der Waals surface area (Å²) in [6.45, 7) is 2.37. The molecule has 0 fully saturated rings. The SMILES string of the molecule is Cc1cc(C(N)CC(=O)O)cc(CN(C)C)c1O. The van der Waals surface area contributed by atoms with Crippen molar-refractivity contribution in [2.24, 2.45) is 5.73 Å². The molecule has 1 aromatic carbocycles. The van der Waals surface area contributed by atoms with E-state index in [1.165, 1.54) is 0 Å². The summed E-state index contributed by atoms with van der Waals surface area (Å²) in [5.74, 6) is -0.683. The van der Waals surface area contributed by atoms with Gasteiger partial charge in [-0.3, -0.25) is 4.79 Å². The lowest BCUT2D eigenvalue weighted by Gasteiger charge is -2.17. The maximum absolute atomic E-state index is 10.7. The van der Waals surface area contributed by atoms with Crippen LogP contribution in [0.3, 0.4) is 0 Å². The predicted molar refractivity (Wildman–Crippen MR) is 69.4 cm³/mol. The van der Waals surface area contributed by atoms with Gasteiger partial charge in [-0.15, -0.1) is 0 Å². The molecular weight excluding hydrogens is 232 g/mol. The lowest BCUT2D eigenvalue weighted by Crippen LogP contribution is -2.16. The lowest BCUT2D eigenvalue weighted by atomic mass is 9.98. The average molecular weight is 252 g/mol. The highest BCUT2D eigenvalue weighted by Gasteiger charge is 2.15. The van der Waals surface area contributed by atoms with Gasteiger partial charge in [-0.2, -0.15) is 0 Å². The van der Waals surface area contributed by atoms with E-state index in [2.05, 4.69) is 0 Å². The summed E-state index contributed by atoms with van der Waals surface area (Å²) in [6.07, 6.45) is -0.119. The minimum atomic E-state index is -0.928. The minimum Gasteiger partial charge on any atom is -0.507 e. The number of phenolic OH excluding ortho intramolecular Hbond substituents is 1. The summed E-state index contributed by atoms with van der Waals surface area (Å²) in [5.41, 5.74) is 8.05. The molecule has 0 radical (unpaired) electrons. The van der Waals surface area contributed by atoms with E-state index in [1.54, 1.807) is 19.1 Å². The smallest absolute Gasteiger partial charge is 0.305 e. The summed E-state index contributed by atoms with van der Waals surface area (Å²) >= 11 is 0. The highest BCUT2D eigenvalue weighted by atomic mass is 16.4. The van der Waals surface area contributed by atoms with E-state index < -0.39 is 12.0 Å². The zero-order valence-electron chi connectivity index (χ0n) is 11.0. The molecule has 1 atom stereocenters. The zero-order valence-corrected chi connectivity index (χ0v) is 11.0. The van der Waals surface area contributed by atoms with Gasteiger partial charge in [0, 0.05) is 18.2 Å². The Morgan fingerprint density at radius 3 is 2.56 bits per heavy atom. The van der Waals surface area contributed by atoms with E-state index in [0.29, 0.717) is 12.1 Å². The van der Waals surface area contributed by atoms with Crippen LogP contribution >= 0.6 is 0 Å². The first-order chi connectivity index (χ1) is 8.31. The molecule has 0 aromatic heterocycles. The van der Waals surface area contributed by atoms with Crippen LogP contribution in [0.15, 0.2) is 12.1 Å². The van der Waals surface area contributed by atoms with Gasteiger partial charge in [-0.1, -0.05) is 6.07 Å². The van der Waals surface area contributed by atoms with Gasteiger partial charge in [0.05, 0.1) is 6.42 Å². The molecule has 18 heavy (non-hydrogen) atoms. The molecule has 1 rings (SSSR count). The average Bonchev–Trinajstić information content (AvgIpc) is 2.22. The third kappa shape index (κ3) is 3.72. The summed E-state index contributed by atoms with van der Waals surface area (Å²) in [7, 11) is 3.80. The van der Waals surface area contributed by atoms with E-state index in [4.69, 9.17) is 10.8 Å². The fourth-order valence-corrected chi connectivity index (χ4v) is 1.86. The first-order valence-corrected chi connectivity index (χ1v) is 5.75. The Morgan fingerprint density at radius 1 is 1.44 bits per heavy atom. The van der Waals surface area contributed by atoms with Crippen molar-refractivity contribution in [3.8, 4) is 5.75 Å². The molecule has 0 aliphatic rings. The van der Waals surface area contributed by atoms with Gasteiger partial charge in [-0.25, -0.2) is 0 Å². The van der Waals surface area contributed by atoms with Gasteiger partial charge in [0.2, 0.25) is 0 Å². The molecular formula is C13H20N2O3. The number of phenols is 1. The number of hydrogen-bond acceptors (Lipinski definition) is 4. The lowest BCUT2D eigenvalue weighted by molar-refractivity contribution is -0.137. The summed E-state index contributed by atoms with van der Waals surface area (Å²) in [6, 6.07) is 2.96. The summed E-state index contributed by atoms with van der Waals surface area (Å²) < 4.78 is 0. The molecule has 1 aromatic rings. The summed E-state index contributed by atoms with van der Waals surface area (Å²) in [5, 5.41) is 18.7. The molecule has 0 aliphatic heterocycles. The number of benzene rings is 1. The molecule has 0 saturated carbocycles. The molecule has 1 unspecified atom stereocenters. The highest BCUT2D eigenvalue weighted by Crippen LogP contribution is 2.28. The Labute approximate surface area is 107 Å². The standard InChI is InChI=1S/C13H20N2O3/c1-8-4-9(11(14)6-12(16)17)5-10(13(8)18)7-15(2)3/h4-5,11,18H,6-7,14H2,1-3H3,(H,16,17). The molecule has 0 saturated heterocycles. The van der Waals surface area contributed by atoms with Crippen molar-refractivity contribution in [1.29, 1.82) is 0 Å². The van der Waals surface area contributed by atoms with E-state index in [9.17, 15) is 9.90 Å². The Morgan fingerprint density at radius 2 is 2.06 bits per heavy atom. The van der Waals surface area contributed by atoms with Gasteiger partial charge >= 0.3 is 5.97 Å². The number of hydrogen-bond donors (Lipinski definition) is 3. The second-order valence-electron chi connectivity index (χ2n) is 4.79. The number of aliphatic carboxylic acids is 1. The Kier molecular flexibility index (Phi) is 4.69. The van der Waals surface area contributed by atoms with E-state index in [1.807, 2.05) is 19.0 Å². The Hall–Kier alpha value is -1.59. The number of carboxylic acid groups (broad SMARTS) is 1. The fraction of sp³-hybridized carbons (Fsp3) is 0.462. The number of carboxylic acids is 1. The van der Waals surface area contributed by atoms with Crippen molar-refractivity contribution in [2.75, 3.05) is 14.1 Å². The third-order valence-corrected chi connectivity index (χ3v) is 2.71. The van der Waals surface area contributed by atoms with Crippen LogP contribution in [0.5, 0.6) is 5.75 Å². The van der Waals surface area contributed by atoms with Crippen LogP contribution in [0.25, 0.3) is 0 Å². The van der Waals surface area contributed by atoms with E-state index >= 15 is 0 Å². The van der Waals surface area contributed by atoms with Crippen molar-refractivity contribution >= 4 is 5.97 Å². The number of aryl methyl sites for hydroxylation is 1. The van der Waals surface area contributed by atoms with Crippen LogP contribution in [0.2, 0.25) is 0 Å². The van der Waals surface area contributed by atoms with Crippen LogP contribution in [-0.4, -0.2) is 35.2 Å². The van der Waals surface area contributed by atoms with E-state index in [-0.39, 0.29) is 12.2 Å². The highest BCUT2D eigenvalue weighted by molar-refractivity contribution is 5.68. The van der Waals surface area contributed by atoms with Crippen molar-refractivity contribution in [3.63, 3.8) is 0 Å². The topological polar surface area (TPSA) is 86.8 Å². The van der Waals surface area contributed by atoms with Crippen LogP contribution in [0.4, 0.5) is 0 Å². The van der Waals surface area contributed by atoms with Gasteiger partial charge < -0.3 is 20.8 Å². The van der Waals surface area contributed by atoms with Gasteiger partial charge in [0.1, 0.15) is 5.75 Å². The van der Waals surface area contributed by atoms with Crippen molar-refractivity contribution in [3.05, 3.63) is 28.8 Å². The fourth-order valence-electron chi connectivity index (χ4n) is 1.86. The minimum absolute atomic E-state index is 0.119. The Bertz CT molecular complexity index is 444. The van der Waals surface area contributed by atoms with Crippen molar-refractivity contribution in [1.82, 2.24) is 4.90 Å².